The molecule has 0 saturated heterocycles. The van der Waals surface area contributed by atoms with Crippen LogP contribution in [0.3, 0.4) is 0 Å². The van der Waals surface area contributed by atoms with E-state index in [-0.39, 0.29) is 17.4 Å². The largest absolute Gasteiger partial charge is 0.507 e. The third kappa shape index (κ3) is 3.20. The summed E-state index contributed by atoms with van der Waals surface area (Å²) in [7, 11) is 0. The average molecular weight is 226 g/mol. The minimum atomic E-state index is -0.738. The lowest BCUT2D eigenvalue weighted by Crippen LogP contribution is -2.29. The molecular formula is C11H15FN2O2. The van der Waals surface area contributed by atoms with Gasteiger partial charge in [-0.2, -0.15) is 0 Å². The molecule has 1 aromatic carbocycles. The molecule has 0 saturated carbocycles. The monoisotopic (exact) mass is 226 g/mol. The maximum atomic E-state index is 13.2. The zero-order valence-electron chi connectivity index (χ0n) is 9.03. The number of carbonyl (C=O) groups is 1. The van der Waals surface area contributed by atoms with Gasteiger partial charge in [0.05, 0.1) is 0 Å². The number of hydrogen-bond donors (Lipinski definition) is 3. The van der Waals surface area contributed by atoms with Crippen LogP contribution in [0.25, 0.3) is 0 Å². The fourth-order valence-electron chi connectivity index (χ4n) is 1.24. The van der Waals surface area contributed by atoms with Crippen molar-refractivity contribution in [1.29, 1.82) is 0 Å². The van der Waals surface area contributed by atoms with E-state index in [0.29, 0.717) is 13.0 Å². The van der Waals surface area contributed by atoms with Crippen LogP contribution < -0.4 is 11.1 Å². The summed E-state index contributed by atoms with van der Waals surface area (Å²) in [5, 5.41) is 11.8. The van der Waals surface area contributed by atoms with E-state index in [9.17, 15) is 14.3 Å². The standard InChI is InChI=1S/C11H15FN2O2/c1-7(13)5-6-14-11(16)10-8(12)3-2-4-9(10)15/h2-4,7,15H,5-6,13H2,1H3,(H,14,16). The van der Waals surface area contributed by atoms with E-state index in [4.69, 9.17) is 5.73 Å². The molecule has 4 nitrogen and oxygen atoms in total. The van der Waals surface area contributed by atoms with Gasteiger partial charge in [-0.25, -0.2) is 4.39 Å². The summed E-state index contributed by atoms with van der Waals surface area (Å²) in [4.78, 5) is 11.5. The van der Waals surface area contributed by atoms with Crippen molar-refractivity contribution in [2.24, 2.45) is 5.73 Å². The molecule has 0 heterocycles. The van der Waals surface area contributed by atoms with E-state index in [0.717, 1.165) is 6.07 Å². The molecule has 0 aliphatic carbocycles. The number of carbonyl (C=O) groups excluding carboxylic acids is 1. The fraction of sp³-hybridized carbons (Fsp3) is 0.364. The van der Waals surface area contributed by atoms with Gasteiger partial charge in [0.1, 0.15) is 17.1 Å². The first-order valence-corrected chi connectivity index (χ1v) is 5.03. The highest BCUT2D eigenvalue weighted by Gasteiger charge is 2.15. The molecule has 0 bridgehead atoms. The fourth-order valence-corrected chi connectivity index (χ4v) is 1.24. The van der Waals surface area contributed by atoms with Crippen LogP contribution in [0.4, 0.5) is 4.39 Å². The Morgan fingerprint density at radius 1 is 1.62 bits per heavy atom. The summed E-state index contributed by atoms with van der Waals surface area (Å²) in [6, 6.07) is 3.70. The minimum Gasteiger partial charge on any atom is -0.507 e. The normalized spacial score (nSPS) is 12.2. The topological polar surface area (TPSA) is 75.3 Å². The molecule has 1 atom stereocenters. The van der Waals surface area contributed by atoms with Gasteiger partial charge >= 0.3 is 0 Å². The Kier molecular flexibility index (Phi) is 4.25. The molecule has 5 heteroatoms. The lowest BCUT2D eigenvalue weighted by Gasteiger charge is -2.08. The van der Waals surface area contributed by atoms with Gasteiger partial charge < -0.3 is 16.2 Å². The van der Waals surface area contributed by atoms with Crippen molar-refractivity contribution in [3.8, 4) is 5.75 Å². The lowest BCUT2D eigenvalue weighted by atomic mass is 10.1. The number of phenolic OH excluding ortho intramolecular Hbond substituents is 1. The Bertz CT molecular complexity index is 360. The van der Waals surface area contributed by atoms with Crippen molar-refractivity contribution in [2.75, 3.05) is 6.54 Å². The molecule has 0 aromatic heterocycles. The molecule has 88 valence electrons. The Morgan fingerprint density at radius 3 is 2.88 bits per heavy atom. The Morgan fingerprint density at radius 2 is 2.31 bits per heavy atom. The van der Waals surface area contributed by atoms with Crippen molar-refractivity contribution in [3.63, 3.8) is 0 Å². The first kappa shape index (κ1) is 12.4. The van der Waals surface area contributed by atoms with Crippen molar-refractivity contribution < 1.29 is 14.3 Å². The van der Waals surface area contributed by atoms with Gasteiger partial charge in [0.2, 0.25) is 0 Å². The number of nitrogens with two attached hydrogens (primary N) is 1. The van der Waals surface area contributed by atoms with E-state index in [1.54, 1.807) is 0 Å². The number of amides is 1. The predicted octanol–water partition coefficient (Wildman–Crippen LogP) is 0.998. The number of nitrogens with one attached hydrogen (secondary N) is 1. The molecule has 16 heavy (non-hydrogen) atoms. The summed E-state index contributed by atoms with van der Waals surface area (Å²) in [6.07, 6.45) is 0.598. The van der Waals surface area contributed by atoms with Crippen LogP contribution in [-0.4, -0.2) is 23.6 Å². The van der Waals surface area contributed by atoms with Gasteiger partial charge in [0.15, 0.2) is 0 Å². The molecule has 1 unspecified atom stereocenters. The van der Waals surface area contributed by atoms with E-state index >= 15 is 0 Å². The number of phenols is 1. The summed E-state index contributed by atoms with van der Waals surface area (Å²) >= 11 is 0. The Hall–Kier alpha value is -1.62. The molecule has 0 aliphatic rings. The third-order valence-electron chi connectivity index (χ3n) is 2.10. The van der Waals surface area contributed by atoms with Crippen LogP contribution >= 0.6 is 0 Å². The molecular weight excluding hydrogens is 211 g/mol. The van der Waals surface area contributed by atoms with Crippen LogP contribution in [0.2, 0.25) is 0 Å². The zero-order chi connectivity index (χ0) is 12.1. The summed E-state index contributed by atoms with van der Waals surface area (Å²) in [5.41, 5.74) is 5.18. The van der Waals surface area contributed by atoms with E-state index in [1.807, 2.05) is 6.92 Å². The molecule has 4 N–H and O–H groups in total. The second-order valence-corrected chi connectivity index (χ2v) is 3.66. The highest BCUT2D eigenvalue weighted by molar-refractivity contribution is 5.97. The summed E-state index contributed by atoms with van der Waals surface area (Å²) in [6.45, 7) is 2.16. The molecule has 0 radical (unpaired) electrons. The van der Waals surface area contributed by atoms with Crippen molar-refractivity contribution in [1.82, 2.24) is 5.32 Å². The van der Waals surface area contributed by atoms with Gasteiger partial charge in [-0.15, -0.1) is 0 Å². The zero-order valence-corrected chi connectivity index (χ0v) is 9.03. The number of halogens is 1. The maximum Gasteiger partial charge on any atom is 0.258 e. The van der Waals surface area contributed by atoms with Gasteiger partial charge in [-0.1, -0.05) is 6.07 Å². The lowest BCUT2D eigenvalue weighted by molar-refractivity contribution is 0.0946. The van der Waals surface area contributed by atoms with Crippen LogP contribution in [0.5, 0.6) is 5.75 Å². The highest BCUT2D eigenvalue weighted by Crippen LogP contribution is 2.19. The van der Waals surface area contributed by atoms with E-state index in [1.165, 1.54) is 12.1 Å². The Labute approximate surface area is 93.3 Å². The number of benzene rings is 1. The van der Waals surface area contributed by atoms with Crippen LogP contribution in [0.15, 0.2) is 18.2 Å². The SMILES string of the molecule is CC(N)CCNC(=O)c1c(O)cccc1F. The highest BCUT2D eigenvalue weighted by atomic mass is 19.1. The molecule has 1 amide bonds. The molecule has 1 aromatic rings. The van der Waals surface area contributed by atoms with Crippen molar-refractivity contribution in [2.45, 2.75) is 19.4 Å². The van der Waals surface area contributed by atoms with Crippen molar-refractivity contribution >= 4 is 5.91 Å². The summed E-state index contributed by atoms with van der Waals surface area (Å²) in [5.74, 6) is -1.73. The van der Waals surface area contributed by atoms with Crippen LogP contribution in [-0.2, 0) is 0 Å². The van der Waals surface area contributed by atoms with E-state index < -0.39 is 11.7 Å². The predicted molar refractivity (Wildman–Crippen MR) is 58.7 cm³/mol. The quantitative estimate of drug-likeness (QED) is 0.717. The molecule has 1 rings (SSSR count). The van der Waals surface area contributed by atoms with Gasteiger partial charge in [0.25, 0.3) is 5.91 Å². The minimum absolute atomic E-state index is 0.0329. The smallest absolute Gasteiger partial charge is 0.258 e. The number of aromatic hydroxyl groups is 1. The second-order valence-electron chi connectivity index (χ2n) is 3.66. The van der Waals surface area contributed by atoms with Gasteiger partial charge in [0, 0.05) is 12.6 Å². The average Bonchev–Trinajstić information content (AvgIpc) is 2.16. The Balaban J connectivity index is 2.66. The van der Waals surface area contributed by atoms with Crippen LogP contribution in [0.1, 0.15) is 23.7 Å². The first-order valence-electron chi connectivity index (χ1n) is 5.03. The first-order chi connectivity index (χ1) is 7.52. The van der Waals surface area contributed by atoms with Crippen molar-refractivity contribution in [3.05, 3.63) is 29.6 Å². The van der Waals surface area contributed by atoms with Gasteiger partial charge in [-0.05, 0) is 25.5 Å². The molecule has 0 spiro atoms. The van der Waals surface area contributed by atoms with Crippen LogP contribution in [0, 0.1) is 5.82 Å². The number of rotatable bonds is 4. The maximum absolute atomic E-state index is 13.2. The second kappa shape index (κ2) is 5.46. The third-order valence-corrected chi connectivity index (χ3v) is 2.10. The van der Waals surface area contributed by atoms with Gasteiger partial charge in [-0.3, -0.25) is 4.79 Å². The molecule has 0 fully saturated rings. The number of hydrogen-bond acceptors (Lipinski definition) is 3. The van der Waals surface area contributed by atoms with E-state index in [2.05, 4.69) is 5.32 Å². The molecule has 0 aliphatic heterocycles. The summed E-state index contributed by atoms with van der Waals surface area (Å²) < 4.78 is 13.2.